The van der Waals surface area contributed by atoms with Crippen LogP contribution in [0.15, 0.2) is 35.3 Å². The molecule has 2 nitrogen and oxygen atoms in total. The molecule has 0 bridgehead atoms. The van der Waals surface area contributed by atoms with Gasteiger partial charge in [-0.3, -0.25) is 0 Å². The Bertz CT molecular complexity index is 463. The second-order valence-electron chi connectivity index (χ2n) is 5.57. The number of nitrogens with zero attached hydrogens (tertiary/aromatic N) is 1. The van der Waals surface area contributed by atoms with Crippen molar-refractivity contribution in [2.75, 3.05) is 6.54 Å². The molecule has 88 valence electrons. The third-order valence-corrected chi connectivity index (χ3v) is 4.81. The number of rotatable bonds is 3. The molecule has 2 aliphatic rings. The number of benzene rings is 1. The lowest BCUT2D eigenvalue weighted by Crippen LogP contribution is -2.06. The van der Waals surface area contributed by atoms with Crippen LogP contribution in [0.2, 0.25) is 0 Å². The van der Waals surface area contributed by atoms with Crippen LogP contribution < -0.4 is 0 Å². The third-order valence-electron chi connectivity index (χ3n) is 4.81. The van der Waals surface area contributed by atoms with Crippen molar-refractivity contribution < 1.29 is 4.79 Å². The lowest BCUT2D eigenvalue weighted by Gasteiger charge is -2.12. The molecule has 2 unspecified atom stereocenters. The summed E-state index contributed by atoms with van der Waals surface area (Å²) in [6.07, 6.45) is 4.20. The molecule has 0 spiro atoms. The fourth-order valence-corrected chi connectivity index (χ4v) is 4.08. The average Bonchev–Trinajstić information content (AvgIpc) is 2.93. The van der Waals surface area contributed by atoms with Crippen molar-refractivity contribution in [3.8, 4) is 0 Å². The van der Waals surface area contributed by atoms with Crippen LogP contribution in [0.3, 0.4) is 0 Å². The zero-order valence-corrected chi connectivity index (χ0v) is 10.1. The molecule has 2 saturated carbocycles. The van der Waals surface area contributed by atoms with E-state index in [1.54, 1.807) is 6.08 Å². The summed E-state index contributed by atoms with van der Waals surface area (Å²) in [5.74, 6) is 2.11. The zero-order valence-electron chi connectivity index (χ0n) is 10.1. The Hall–Kier alpha value is -1.40. The first-order chi connectivity index (χ1) is 8.29. The Labute approximate surface area is 102 Å². The van der Waals surface area contributed by atoms with Gasteiger partial charge in [0.15, 0.2) is 0 Å². The molecule has 1 aromatic rings. The van der Waals surface area contributed by atoms with Gasteiger partial charge in [-0.25, -0.2) is 9.79 Å². The monoisotopic (exact) mass is 227 g/mol. The fourth-order valence-electron chi connectivity index (χ4n) is 4.08. The van der Waals surface area contributed by atoms with Crippen LogP contribution in [0.5, 0.6) is 0 Å². The van der Waals surface area contributed by atoms with E-state index in [-0.39, 0.29) is 5.41 Å². The average molecular weight is 227 g/mol. The molecule has 0 aromatic heterocycles. The van der Waals surface area contributed by atoms with Crippen molar-refractivity contribution >= 4 is 6.08 Å². The van der Waals surface area contributed by atoms with Crippen LogP contribution in [0.4, 0.5) is 0 Å². The molecule has 4 atom stereocenters. The summed E-state index contributed by atoms with van der Waals surface area (Å²) < 4.78 is 0. The van der Waals surface area contributed by atoms with Gasteiger partial charge >= 0.3 is 0 Å². The SMILES string of the molecule is C[C@@H]1CC[C@@]2(CN=C=O)C(c3ccccc3)C12. The maximum Gasteiger partial charge on any atom is 0.234 e. The van der Waals surface area contributed by atoms with Gasteiger partial charge in [0.25, 0.3) is 0 Å². The minimum atomic E-state index is 0.276. The van der Waals surface area contributed by atoms with Crippen molar-refractivity contribution in [1.82, 2.24) is 0 Å². The van der Waals surface area contributed by atoms with Gasteiger partial charge in [-0.15, -0.1) is 0 Å². The maximum atomic E-state index is 10.4. The van der Waals surface area contributed by atoms with E-state index in [4.69, 9.17) is 0 Å². The standard InChI is InChI=1S/C15H17NO/c1-11-7-8-15(9-16-10-17)13(11)14(15)12-5-3-2-4-6-12/h2-6,11,13-14H,7-9H2,1H3/t11-,13?,14?,15+/m1/s1. The predicted octanol–water partition coefficient (Wildman–Crippen LogP) is 3.15. The number of carbonyl (C=O) groups excluding carboxylic acids is 1. The highest BCUT2D eigenvalue weighted by molar-refractivity contribution is 5.38. The van der Waals surface area contributed by atoms with Gasteiger partial charge < -0.3 is 0 Å². The number of hydrogen-bond donors (Lipinski definition) is 0. The van der Waals surface area contributed by atoms with E-state index in [1.807, 2.05) is 0 Å². The summed E-state index contributed by atoms with van der Waals surface area (Å²) >= 11 is 0. The molecule has 2 heteroatoms. The molecule has 0 N–H and O–H groups in total. The van der Waals surface area contributed by atoms with Gasteiger partial charge in [0, 0.05) is 5.41 Å². The van der Waals surface area contributed by atoms with Crippen molar-refractivity contribution in [2.45, 2.75) is 25.7 Å². The van der Waals surface area contributed by atoms with Crippen molar-refractivity contribution in [3.05, 3.63) is 35.9 Å². The number of aliphatic imine (C=N–C) groups is 1. The normalized spacial score (nSPS) is 38.3. The largest absolute Gasteiger partial charge is 0.234 e. The summed E-state index contributed by atoms with van der Waals surface area (Å²) in [7, 11) is 0. The molecular formula is C15H17NO. The second kappa shape index (κ2) is 3.82. The predicted molar refractivity (Wildman–Crippen MR) is 66.5 cm³/mol. The highest BCUT2D eigenvalue weighted by atomic mass is 16.1. The maximum absolute atomic E-state index is 10.4. The molecule has 0 heterocycles. The van der Waals surface area contributed by atoms with Crippen molar-refractivity contribution in [3.63, 3.8) is 0 Å². The second-order valence-corrected chi connectivity index (χ2v) is 5.57. The van der Waals surface area contributed by atoms with Crippen LogP contribution in [0.25, 0.3) is 0 Å². The topological polar surface area (TPSA) is 29.4 Å². The van der Waals surface area contributed by atoms with Gasteiger partial charge in [0.2, 0.25) is 6.08 Å². The lowest BCUT2D eigenvalue weighted by molar-refractivity contribution is 0.477. The summed E-state index contributed by atoms with van der Waals surface area (Å²) in [4.78, 5) is 14.2. The van der Waals surface area contributed by atoms with E-state index < -0.39 is 0 Å². The van der Waals surface area contributed by atoms with Gasteiger partial charge in [0.05, 0.1) is 6.54 Å². The highest BCUT2D eigenvalue weighted by Gasteiger charge is 2.69. The third kappa shape index (κ3) is 1.48. The molecular weight excluding hydrogens is 210 g/mol. The fraction of sp³-hybridized carbons (Fsp3) is 0.533. The molecule has 17 heavy (non-hydrogen) atoms. The molecule has 0 aliphatic heterocycles. The van der Waals surface area contributed by atoms with Gasteiger partial charge in [0.1, 0.15) is 0 Å². The number of fused-ring (bicyclic) bond motifs is 1. The quantitative estimate of drug-likeness (QED) is 0.576. The first-order valence-electron chi connectivity index (χ1n) is 6.38. The zero-order chi connectivity index (χ0) is 11.9. The first kappa shape index (κ1) is 10.7. The van der Waals surface area contributed by atoms with Gasteiger partial charge in [-0.05, 0) is 36.2 Å². The molecule has 0 radical (unpaired) electrons. The highest BCUT2D eigenvalue weighted by Crippen LogP contribution is 2.74. The Morgan fingerprint density at radius 2 is 2.18 bits per heavy atom. The summed E-state index contributed by atoms with van der Waals surface area (Å²) in [5, 5.41) is 0. The van der Waals surface area contributed by atoms with E-state index >= 15 is 0 Å². The van der Waals surface area contributed by atoms with E-state index in [9.17, 15) is 4.79 Å². The van der Waals surface area contributed by atoms with Gasteiger partial charge in [-0.1, -0.05) is 37.3 Å². The van der Waals surface area contributed by atoms with Gasteiger partial charge in [-0.2, -0.15) is 0 Å². The van der Waals surface area contributed by atoms with Crippen molar-refractivity contribution in [1.29, 1.82) is 0 Å². The Balaban J connectivity index is 1.90. The Morgan fingerprint density at radius 3 is 2.88 bits per heavy atom. The molecule has 1 aromatic carbocycles. The van der Waals surface area contributed by atoms with E-state index in [0.717, 1.165) is 11.8 Å². The lowest BCUT2D eigenvalue weighted by atomic mass is 9.93. The van der Waals surface area contributed by atoms with Crippen molar-refractivity contribution in [2.24, 2.45) is 22.2 Å². The number of isocyanates is 1. The van der Waals surface area contributed by atoms with E-state index in [2.05, 4.69) is 42.2 Å². The summed E-state index contributed by atoms with van der Waals surface area (Å²) in [5.41, 5.74) is 1.70. The Morgan fingerprint density at radius 1 is 1.41 bits per heavy atom. The molecule has 3 rings (SSSR count). The molecule has 0 saturated heterocycles. The van der Waals surface area contributed by atoms with E-state index in [1.165, 1.54) is 18.4 Å². The first-order valence-corrected chi connectivity index (χ1v) is 6.38. The van der Waals surface area contributed by atoms with Crippen LogP contribution in [-0.2, 0) is 4.79 Å². The van der Waals surface area contributed by atoms with Crippen LogP contribution in [0, 0.1) is 17.3 Å². The smallest absolute Gasteiger partial charge is 0.211 e. The molecule has 2 fully saturated rings. The van der Waals surface area contributed by atoms with Crippen LogP contribution >= 0.6 is 0 Å². The minimum absolute atomic E-state index is 0.276. The summed E-state index contributed by atoms with van der Waals surface area (Å²) in [6.45, 7) is 3.01. The number of hydrogen-bond acceptors (Lipinski definition) is 2. The van der Waals surface area contributed by atoms with Crippen LogP contribution in [0.1, 0.15) is 31.2 Å². The van der Waals surface area contributed by atoms with E-state index in [0.29, 0.717) is 12.5 Å². The minimum Gasteiger partial charge on any atom is -0.211 e. The Kier molecular flexibility index (Phi) is 2.41. The van der Waals surface area contributed by atoms with Crippen LogP contribution in [-0.4, -0.2) is 12.6 Å². The molecule has 2 aliphatic carbocycles. The summed E-state index contributed by atoms with van der Waals surface area (Å²) in [6, 6.07) is 10.7. The molecule has 0 amide bonds.